The summed E-state index contributed by atoms with van der Waals surface area (Å²) in [4.78, 5) is 0. The van der Waals surface area contributed by atoms with E-state index in [9.17, 15) is 0 Å². The van der Waals surface area contributed by atoms with Crippen LogP contribution in [0.5, 0.6) is 0 Å². The number of thiol groups is 1. The van der Waals surface area contributed by atoms with Crippen molar-refractivity contribution in [1.82, 2.24) is 4.72 Å². The van der Waals surface area contributed by atoms with E-state index >= 15 is 0 Å². The van der Waals surface area contributed by atoms with Crippen molar-refractivity contribution in [2.75, 3.05) is 6.54 Å². The zero-order valence-corrected chi connectivity index (χ0v) is 9.75. The summed E-state index contributed by atoms with van der Waals surface area (Å²) in [7, 11) is 0. The van der Waals surface area contributed by atoms with E-state index in [-0.39, 0.29) is 26.2 Å². The van der Waals surface area contributed by atoms with Crippen LogP contribution in [0.1, 0.15) is 6.92 Å². The molecule has 0 atom stereocenters. The van der Waals surface area contributed by atoms with Crippen LogP contribution in [-0.2, 0) is 0 Å². The van der Waals surface area contributed by atoms with Crippen LogP contribution in [0, 0.1) is 0 Å². The Hall–Kier alpha value is 1.19. The fourth-order valence-corrected chi connectivity index (χ4v) is 0. The minimum atomic E-state index is 0. The Kier molecular flexibility index (Phi) is 17.0. The molecule has 0 fully saturated rings. The molecule has 0 heterocycles. The quantitative estimate of drug-likeness (QED) is 0.478. The van der Waals surface area contributed by atoms with Gasteiger partial charge in [-0.3, -0.25) is 4.72 Å². The van der Waals surface area contributed by atoms with E-state index in [2.05, 4.69) is 17.5 Å². The summed E-state index contributed by atoms with van der Waals surface area (Å²) in [5.41, 5.74) is 0. The van der Waals surface area contributed by atoms with E-state index < -0.39 is 0 Å². The van der Waals surface area contributed by atoms with Crippen LogP contribution in [0.15, 0.2) is 0 Å². The van der Waals surface area contributed by atoms with E-state index in [0.717, 1.165) is 6.54 Å². The van der Waals surface area contributed by atoms with Gasteiger partial charge in [0.2, 0.25) is 0 Å². The Balaban J connectivity index is 0. The predicted molar refractivity (Wildman–Crippen MR) is 32.6 cm³/mol. The Morgan fingerprint density at radius 3 is 2.00 bits per heavy atom. The van der Waals surface area contributed by atoms with Gasteiger partial charge in [-0.15, -0.1) is 0 Å². The average molecular weight is 289 g/mol. The number of hydrogen-bond donors (Lipinski definition) is 2. The molecule has 0 rings (SSSR count). The molecular weight excluding hydrogens is 279 g/mol. The van der Waals surface area contributed by atoms with Gasteiger partial charge in [0.05, 0.1) is 0 Å². The van der Waals surface area contributed by atoms with E-state index in [1.54, 1.807) is 0 Å². The second-order valence-corrected chi connectivity index (χ2v) is 0.828. The molecule has 0 amide bonds. The Morgan fingerprint density at radius 1 is 1.80 bits per heavy atom. The Morgan fingerprint density at radius 2 is 2.00 bits per heavy atom. The predicted octanol–water partition coefficient (Wildman–Crippen LogP) is -0.743. The topological polar surface area (TPSA) is 12.0 Å². The molecule has 0 aliphatic heterocycles. The van der Waals surface area contributed by atoms with Crippen molar-refractivity contribution < 1.29 is 0 Å². The molecule has 0 saturated carbocycles. The van der Waals surface area contributed by atoms with Gasteiger partial charge < -0.3 is 0 Å². The van der Waals surface area contributed by atoms with Gasteiger partial charge in [-0.25, -0.2) is 0 Å². The van der Waals surface area contributed by atoms with Gasteiger partial charge in [0.25, 0.3) is 0 Å². The Bertz CT molecular complexity index is 11.6. The molecule has 1 N–H and O–H groups in total. The van der Waals surface area contributed by atoms with Crippen LogP contribution in [0.3, 0.4) is 0 Å². The van der Waals surface area contributed by atoms with Gasteiger partial charge in [0.1, 0.15) is 0 Å². The summed E-state index contributed by atoms with van der Waals surface area (Å²) in [6.07, 6.45) is 0. The molecule has 0 aliphatic carbocycles. The van der Waals surface area contributed by atoms with Gasteiger partial charge in [0, 0.05) is 6.54 Å². The van der Waals surface area contributed by atoms with Crippen LogP contribution >= 0.6 is 12.8 Å². The molecule has 0 radical (unpaired) electrons. The minimum absolute atomic E-state index is 0. The summed E-state index contributed by atoms with van der Waals surface area (Å²) in [6, 6.07) is 0. The first kappa shape index (κ1) is 9.50. The number of rotatable bonds is 1. The first-order valence-electron chi connectivity index (χ1n) is 1.28. The standard InChI is InChI=1S/C2H7NS.Bi.3H/c1-2-3-4;;;;/h3-4H,2H2,1H3;;;;. The summed E-state index contributed by atoms with van der Waals surface area (Å²) in [5.74, 6) is 0. The molecule has 3 heteroatoms. The van der Waals surface area contributed by atoms with E-state index in [0.29, 0.717) is 0 Å². The fourth-order valence-electron chi connectivity index (χ4n) is 0. The maximum atomic E-state index is 3.67. The van der Waals surface area contributed by atoms with E-state index in [1.807, 2.05) is 6.92 Å². The van der Waals surface area contributed by atoms with Crippen LogP contribution in [0.25, 0.3) is 0 Å². The first-order valence-corrected chi connectivity index (χ1v) is 1.73. The van der Waals surface area contributed by atoms with Crippen molar-refractivity contribution in [3.63, 3.8) is 0 Å². The molecule has 0 bridgehead atoms. The van der Waals surface area contributed by atoms with Crippen molar-refractivity contribution in [3.8, 4) is 0 Å². The van der Waals surface area contributed by atoms with Crippen molar-refractivity contribution in [1.29, 1.82) is 0 Å². The fraction of sp³-hybridized carbons (Fsp3) is 1.00. The van der Waals surface area contributed by atoms with E-state index in [4.69, 9.17) is 0 Å². The van der Waals surface area contributed by atoms with Crippen LogP contribution in [-0.4, -0.2) is 32.7 Å². The summed E-state index contributed by atoms with van der Waals surface area (Å²) >= 11 is 3.67. The third kappa shape index (κ3) is 11.0. The van der Waals surface area contributed by atoms with Crippen LogP contribution in [0.4, 0.5) is 0 Å². The molecule has 0 aromatic carbocycles. The SMILES string of the molecule is CCNS.[BiH3]. The van der Waals surface area contributed by atoms with Crippen molar-refractivity contribution in [2.45, 2.75) is 6.92 Å². The van der Waals surface area contributed by atoms with Gasteiger partial charge in [0.15, 0.2) is 0 Å². The maximum absolute atomic E-state index is 3.67. The number of hydrogen-bond acceptors (Lipinski definition) is 2. The molecule has 34 valence electrons. The second kappa shape index (κ2) is 8.96. The zero-order valence-electron chi connectivity index (χ0n) is 3.36. The summed E-state index contributed by atoms with van der Waals surface area (Å²) < 4.78 is 2.62. The second-order valence-electron chi connectivity index (χ2n) is 0.512. The van der Waals surface area contributed by atoms with Crippen molar-refractivity contribution >= 4 is 39.0 Å². The summed E-state index contributed by atoms with van der Waals surface area (Å²) in [6.45, 7) is 2.93. The van der Waals surface area contributed by atoms with Crippen LogP contribution in [0.2, 0.25) is 0 Å². The van der Waals surface area contributed by atoms with Crippen molar-refractivity contribution in [3.05, 3.63) is 0 Å². The monoisotopic (exact) mass is 289 g/mol. The normalized spacial score (nSPS) is 6.00. The van der Waals surface area contributed by atoms with Gasteiger partial charge in [-0.05, 0) is 0 Å². The van der Waals surface area contributed by atoms with E-state index in [1.165, 1.54) is 0 Å². The van der Waals surface area contributed by atoms with Gasteiger partial charge in [-0.1, -0.05) is 19.7 Å². The third-order valence-corrected chi connectivity index (χ3v) is 0.474. The molecule has 0 aromatic heterocycles. The Labute approximate surface area is 57.2 Å². The molecule has 0 aromatic rings. The molecule has 1 nitrogen and oxygen atoms in total. The average Bonchev–Trinajstić information content (AvgIpc) is 1.37. The van der Waals surface area contributed by atoms with Crippen LogP contribution < -0.4 is 4.72 Å². The van der Waals surface area contributed by atoms with Crippen molar-refractivity contribution in [2.24, 2.45) is 0 Å². The third-order valence-electron chi connectivity index (χ3n) is 0.158. The summed E-state index contributed by atoms with van der Waals surface area (Å²) in [5, 5.41) is 0. The molecular formula is C2H10BiNS. The van der Waals surface area contributed by atoms with Gasteiger partial charge >= 0.3 is 26.2 Å². The number of nitrogens with one attached hydrogen (secondary N) is 1. The molecule has 0 spiro atoms. The van der Waals surface area contributed by atoms with Gasteiger partial charge in [-0.2, -0.15) is 0 Å². The first-order chi connectivity index (χ1) is 1.91. The molecule has 0 unspecified atom stereocenters. The molecule has 5 heavy (non-hydrogen) atoms. The zero-order chi connectivity index (χ0) is 3.41. The molecule has 0 aliphatic rings. The molecule has 0 saturated heterocycles.